The molecule has 2 saturated heterocycles. The molecule has 7 nitrogen and oxygen atoms in total. The number of rotatable bonds is 8. The molecule has 2 fully saturated rings. The second kappa shape index (κ2) is 10.9. The first kappa shape index (κ1) is 24.2. The van der Waals surface area contributed by atoms with Crippen molar-refractivity contribution < 1.29 is 17.9 Å². The van der Waals surface area contributed by atoms with Crippen LogP contribution in [0.2, 0.25) is 0 Å². The Morgan fingerprint density at radius 1 is 1.10 bits per heavy atom. The molecule has 0 N–H and O–H groups in total. The summed E-state index contributed by atoms with van der Waals surface area (Å²) in [5.74, 6) is 0.575. The summed E-state index contributed by atoms with van der Waals surface area (Å²) in [6.07, 6.45) is 3.18. The van der Waals surface area contributed by atoms with Crippen molar-refractivity contribution in [3.63, 3.8) is 0 Å². The minimum absolute atomic E-state index is 0.0670. The maximum absolute atomic E-state index is 13.1. The van der Waals surface area contributed by atoms with Crippen molar-refractivity contribution in [1.82, 2.24) is 14.1 Å². The summed E-state index contributed by atoms with van der Waals surface area (Å²) >= 11 is 0. The fourth-order valence-corrected chi connectivity index (χ4v) is 6.22. The minimum atomic E-state index is -3.60. The van der Waals surface area contributed by atoms with Gasteiger partial charge in [0.05, 0.1) is 18.1 Å². The van der Waals surface area contributed by atoms with Crippen LogP contribution in [-0.4, -0.2) is 87.5 Å². The van der Waals surface area contributed by atoms with Gasteiger partial charge in [-0.15, -0.1) is 0 Å². The molecule has 0 atom stereocenters. The van der Waals surface area contributed by atoms with Crippen LogP contribution in [0.5, 0.6) is 0 Å². The molecule has 8 heteroatoms. The number of benzene rings is 1. The van der Waals surface area contributed by atoms with Gasteiger partial charge in [-0.05, 0) is 56.3 Å². The molecular formula is C23H37N3O4S. The van der Waals surface area contributed by atoms with Gasteiger partial charge in [0.15, 0.2) is 0 Å². The smallest absolute Gasteiger partial charge is 0.253 e. The molecule has 1 aromatic carbocycles. The van der Waals surface area contributed by atoms with Crippen molar-refractivity contribution in [3.05, 3.63) is 29.3 Å². The predicted octanol–water partition coefficient (Wildman–Crippen LogP) is 2.60. The summed E-state index contributed by atoms with van der Waals surface area (Å²) in [6.45, 7) is 12.5. The Bertz CT molecular complexity index is 840. The lowest BCUT2D eigenvalue weighted by molar-refractivity contribution is 0.0332. The molecule has 31 heavy (non-hydrogen) atoms. The number of hydrogen-bond acceptors (Lipinski definition) is 5. The van der Waals surface area contributed by atoms with Crippen molar-refractivity contribution >= 4 is 15.9 Å². The number of carbonyl (C=O) groups excluding carboxylic acids is 1. The van der Waals surface area contributed by atoms with E-state index in [0.717, 1.165) is 58.8 Å². The highest BCUT2D eigenvalue weighted by Gasteiger charge is 2.28. The van der Waals surface area contributed by atoms with Crippen LogP contribution in [0, 0.1) is 12.8 Å². The van der Waals surface area contributed by atoms with Crippen LogP contribution < -0.4 is 0 Å². The maximum Gasteiger partial charge on any atom is 0.253 e. The number of sulfonamides is 1. The van der Waals surface area contributed by atoms with Gasteiger partial charge in [0.2, 0.25) is 10.0 Å². The highest BCUT2D eigenvalue weighted by Crippen LogP contribution is 2.25. The maximum atomic E-state index is 13.1. The zero-order chi connectivity index (χ0) is 22.4. The average Bonchev–Trinajstić information content (AvgIpc) is 2.79. The summed E-state index contributed by atoms with van der Waals surface area (Å²) in [5, 5.41) is 0. The first-order valence-electron chi connectivity index (χ1n) is 11.6. The summed E-state index contributed by atoms with van der Waals surface area (Å²) in [5.41, 5.74) is 1.13. The Hall–Kier alpha value is -1.48. The Labute approximate surface area is 187 Å². The fourth-order valence-electron chi connectivity index (χ4n) is 4.51. The van der Waals surface area contributed by atoms with Gasteiger partial charge in [-0.2, -0.15) is 4.31 Å². The number of aryl methyl sites for hydroxylation is 1. The molecule has 3 rings (SSSR count). The molecular weight excluding hydrogens is 414 g/mol. The minimum Gasteiger partial charge on any atom is -0.379 e. The molecule has 1 aromatic rings. The predicted molar refractivity (Wildman–Crippen MR) is 122 cm³/mol. The third-order valence-electron chi connectivity index (χ3n) is 6.62. The SMILES string of the molecule is CCN(CC)S(=O)(=O)c1cc(C(=O)N2CCC(CCN3CCOCC3)CC2)ccc1C. The summed E-state index contributed by atoms with van der Waals surface area (Å²) in [7, 11) is -3.60. The lowest BCUT2D eigenvalue weighted by atomic mass is 9.93. The number of nitrogens with zero attached hydrogens (tertiary/aromatic N) is 3. The normalized spacial score (nSPS) is 19.2. The Morgan fingerprint density at radius 2 is 1.74 bits per heavy atom. The van der Waals surface area contributed by atoms with E-state index < -0.39 is 10.0 Å². The van der Waals surface area contributed by atoms with Crippen LogP contribution in [0.15, 0.2) is 23.1 Å². The number of carbonyl (C=O) groups is 1. The van der Waals surface area contributed by atoms with E-state index in [0.29, 0.717) is 30.1 Å². The van der Waals surface area contributed by atoms with Crippen LogP contribution in [-0.2, 0) is 14.8 Å². The van der Waals surface area contributed by atoms with E-state index in [-0.39, 0.29) is 10.8 Å². The van der Waals surface area contributed by atoms with Gasteiger partial charge < -0.3 is 9.64 Å². The monoisotopic (exact) mass is 451 g/mol. The van der Waals surface area contributed by atoms with Crippen molar-refractivity contribution in [2.45, 2.75) is 44.9 Å². The number of hydrogen-bond donors (Lipinski definition) is 0. The molecule has 1 amide bonds. The van der Waals surface area contributed by atoms with E-state index >= 15 is 0 Å². The van der Waals surface area contributed by atoms with Gasteiger partial charge in [-0.3, -0.25) is 9.69 Å². The molecule has 0 bridgehead atoms. The summed E-state index contributed by atoms with van der Waals surface area (Å²) in [6, 6.07) is 5.07. The molecule has 0 radical (unpaired) electrons. The average molecular weight is 452 g/mol. The molecule has 0 unspecified atom stereocenters. The third kappa shape index (κ3) is 5.86. The fraction of sp³-hybridized carbons (Fsp3) is 0.696. The first-order valence-corrected chi connectivity index (χ1v) is 13.0. The molecule has 2 aliphatic heterocycles. The van der Waals surface area contributed by atoms with Gasteiger partial charge in [0, 0.05) is 44.8 Å². The van der Waals surface area contributed by atoms with Crippen molar-refractivity contribution in [1.29, 1.82) is 0 Å². The van der Waals surface area contributed by atoms with Crippen LogP contribution in [0.3, 0.4) is 0 Å². The van der Waals surface area contributed by atoms with Crippen LogP contribution in [0.1, 0.15) is 49.0 Å². The highest BCUT2D eigenvalue weighted by atomic mass is 32.2. The van der Waals surface area contributed by atoms with E-state index in [1.165, 1.54) is 10.7 Å². The number of amides is 1. The van der Waals surface area contributed by atoms with E-state index in [2.05, 4.69) is 4.90 Å². The van der Waals surface area contributed by atoms with Gasteiger partial charge in [-0.1, -0.05) is 19.9 Å². The van der Waals surface area contributed by atoms with Gasteiger partial charge in [0.25, 0.3) is 5.91 Å². The topological polar surface area (TPSA) is 70.2 Å². The van der Waals surface area contributed by atoms with E-state index in [4.69, 9.17) is 4.74 Å². The number of ether oxygens (including phenoxy) is 1. The van der Waals surface area contributed by atoms with Crippen molar-refractivity contribution in [2.75, 3.05) is 59.0 Å². The number of piperidine rings is 1. The standard InChI is InChI=1S/C23H37N3O4S/c1-4-26(5-2)31(28,29)22-18-21(7-6-19(22)3)23(27)25-12-9-20(10-13-25)8-11-24-14-16-30-17-15-24/h6-7,18,20H,4-5,8-17H2,1-3H3. The molecule has 2 heterocycles. The summed E-state index contributed by atoms with van der Waals surface area (Å²) in [4.78, 5) is 17.7. The quantitative estimate of drug-likeness (QED) is 0.608. The van der Waals surface area contributed by atoms with Gasteiger partial charge >= 0.3 is 0 Å². The van der Waals surface area contributed by atoms with Gasteiger partial charge in [0.1, 0.15) is 0 Å². The molecule has 0 aliphatic carbocycles. The van der Waals surface area contributed by atoms with Crippen LogP contribution in [0.4, 0.5) is 0 Å². The molecule has 174 valence electrons. The Kier molecular flexibility index (Phi) is 8.50. The van der Waals surface area contributed by atoms with Crippen LogP contribution in [0.25, 0.3) is 0 Å². The lowest BCUT2D eigenvalue weighted by Crippen LogP contribution is -2.41. The van der Waals surface area contributed by atoms with E-state index in [9.17, 15) is 13.2 Å². The van der Waals surface area contributed by atoms with E-state index in [1.807, 2.05) is 18.7 Å². The zero-order valence-electron chi connectivity index (χ0n) is 19.2. The summed E-state index contributed by atoms with van der Waals surface area (Å²) < 4.78 is 32.8. The molecule has 0 saturated carbocycles. The zero-order valence-corrected chi connectivity index (χ0v) is 20.0. The number of likely N-dealkylation sites (tertiary alicyclic amines) is 1. The Balaban J connectivity index is 1.60. The Morgan fingerprint density at radius 3 is 2.35 bits per heavy atom. The van der Waals surface area contributed by atoms with Crippen molar-refractivity contribution in [3.8, 4) is 0 Å². The highest BCUT2D eigenvalue weighted by molar-refractivity contribution is 7.89. The van der Waals surface area contributed by atoms with Gasteiger partial charge in [-0.25, -0.2) is 8.42 Å². The second-order valence-corrected chi connectivity index (χ2v) is 10.5. The molecule has 0 spiro atoms. The largest absolute Gasteiger partial charge is 0.379 e. The molecule has 0 aromatic heterocycles. The van der Waals surface area contributed by atoms with E-state index in [1.54, 1.807) is 25.1 Å². The second-order valence-electron chi connectivity index (χ2n) is 8.55. The lowest BCUT2D eigenvalue weighted by Gasteiger charge is -2.34. The van der Waals surface area contributed by atoms with Crippen molar-refractivity contribution in [2.24, 2.45) is 5.92 Å². The number of morpholine rings is 1. The third-order valence-corrected chi connectivity index (χ3v) is 8.81. The molecule has 2 aliphatic rings. The van der Waals surface area contributed by atoms with Crippen LogP contribution >= 0.6 is 0 Å². The first-order chi connectivity index (χ1) is 14.9.